The number of halogens is 3. The van der Waals surface area contributed by atoms with E-state index in [1.165, 1.54) is 12.1 Å². The third kappa shape index (κ3) is 2.53. The third-order valence-electron chi connectivity index (χ3n) is 3.31. The second kappa shape index (κ2) is 5.31. The molecule has 0 radical (unpaired) electrons. The first-order valence-corrected chi connectivity index (χ1v) is 7.04. The molecule has 0 saturated carbocycles. The van der Waals surface area contributed by atoms with Gasteiger partial charge in [0.05, 0.1) is 0 Å². The van der Waals surface area contributed by atoms with E-state index in [0.717, 1.165) is 19.4 Å². The molecule has 0 spiro atoms. The average Bonchev–Trinajstić information content (AvgIpc) is 3.12. The normalized spacial score (nSPS) is 19.4. The first-order chi connectivity index (χ1) is 9.57. The Morgan fingerprint density at radius 3 is 2.70 bits per heavy atom. The van der Waals surface area contributed by atoms with E-state index < -0.39 is 4.33 Å². The lowest BCUT2D eigenvalue weighted by atomic mass is 10.1. The molecule has 1 aromatic heterocycles. The number of hydrogen-bond acceptors (Lipinski definition) is 4. The van der Waals surface area contributed by atoms with Crippen molar-refractivity contribution >= 4 is 23.2 Å². The van der Waals surface area contributed by atoms with E-state index in [0.29, 0.717) is 11.4 Å². The van der Waals surface area contributed by atoms with Gasteiger partial charge in [0.1, 0.15) is 5.82 Å². The Balaban J connectivity index is 1.87. The summed E-state index contributed by atoms with van der Waals surface area (Å²) in [5.74, 6) is 0.167. The second-order valence-corrected chi connectivity index (χ2v) is 6.09. The minimum Gasteiger partial charge on any atom is -0.336 e. The van der Waals surface area contributed by atoms with Crippen molar-refractivity contribution in [1.29, 1.82) is 0 Å². The first-order valence-electron chi connectivity index (χ1n) is 6.28. The molecular formula is C13H12Cl2FN3O. The fraction of sp³-hybridized carbons (Fsp3) is 0.385. The zero-order valence-electron chi connectivity index (χ0n) is 10.4. The molecule has 20 heavy (non-hydrogen) atoms. The Bertz CT molecular complexity index is 594. The average molecular weight is 316 g/mol. The van der Waals surface area contributed by atoms with Crippen molar-refractivity contribution in [2.75, 3.05) is 6.54 Å². The summed E-state index contributed by atoms with van der Waals surface area (Å²) in [5, 5.41) is 7.06. The van der Waals surface area contributed by atoms with Gasteiger partial charge in [0.15, 0.2) is 0 Å². The van der Waals surface area contributed by atoms with Crippen LogP contribution in [0.15, 0.2) is 28.8 Å². The number of alkyl halides is 2. The number of hydrogen-bond donors (Lipinski definition) is 1. The van der Waals surface area contributed by atoms with Gasteiger partial charge in [0.25, 0.3) is 5.89 Å². The van der Waals surface area contributed by atoms with Crippen LogP contribution in [0.4, 0.5) is 4.39 Å². The topological polar surface area (TPSA) is 51.0 Å². The summed E-state index contributed by atoms with van der Waals surface area (Å²) < 4.78 is 16.8. The summed E-state index contributed by atoms with van der Waals surface area (Å²) in [6, 6.07) is 5.69. The highest BCUT2D eigenvalue weighted by Gasteiger charge is 2.43. The molecule has 0 aliphatic carbocycles. The molecule has 1 unspecified atom stereocenters. The van der Waals surface area contributed by atoms with Gasteiger partial charge in [-0.2, -0.15) is 4.98 Å². The molecule has 1 saturated heterocycles. The van der Waals surface area contributed by atoms with E-state index in [9.17, 15) is 4.39 Å². The fourth-order valence-electron chi connectivity index (χ4n) is 2.22. The van der Waals surface area contributed by atoms with Gasteiger partial charge in [-0.3, -0.25) is 0 Å². The molecule has 1 aromatic carbocycles. The van der Waals surface area contributed by atoms with Crippen molar-refractivity contribution < 1.29 is 8.91 Å². The SMILES string of the molecule is Fc1ccc(-c2noc(C(Cl)(Cl)C3CCCN3)n2)cc1. The Labute approximate surface area is 125 Å². The van der Waals surface area contributed by atoms with Gasteiger partial charge in [-0.25, -0.2) is 4.39 Å². The molecule has 0 amide bonds. The van der Waals surface area contributed by atoms with Crippen LogP contribution >= 0.6 is 23.2 Å². The third-order valence-corrected chi connectivity index (χ3v) is 4.16. The van der Waals surface area contributed by atoms with E-state index >= 15 is 0 Å². The second-order valence-electron chi connectivity index (χ2n) is 4.70. The number of nitrogens with one attached hydrogen (secondary N) is 1. The van der Waals surface area contributed by atoms with Crippen LogP contribution in [-0.2, 0) is 4.33 Å². The molecule has 7 heteroatoms. The summed E-state index contributed by atoms with van der Waals surface area (Å²) in [5.41, 5.74) is 0.643. The van der Waals surface area contributed by atoms with Crippen molar-refractivity contribution in [1.82, 2.24) is 15.5 Å². The van der Waals surface area contributed by atoms with E-state index in [-0.39, 0.29) is 17.7 Å². The quantitative estimate of drug-likeness (QED) is 0.883. The van der Waals surface area contributed by atoms with Crippen LogP contribution in [0.1, 0.15) is 18.7 Å². The van der Waals surface area contributed by atoms with Crippen LogP contribution in [0.5, 0.6) is 0 Å². The van der Waals surface area contributed by atoms with Crippen LogP contribution in [0.2, 0.25) is 0 Å². The summed E-state index contributed by atoms with van der Waals surface area (Å²) in [6.45, 7) is 0.866. The van der Waals surface area contributed by atoms with Crippen molar-refractivity contribution in [3.05, 3.63) is 36.0 Å². The van der Waals surface area contributed by atoms with Gasteiger partial charge >= 0.3 is 0 Å². The maximum absolute atomic E-state index is 12.9. The predicted octanol–water partition coefficient (Wildman–Crippen LogP) is 3.26. The Morgan fingerprint density at radius 1 is 1.30 bits per heavy atom. The van der Waals surface area contributed by atoms with Crippen molar-refractivity contribution in [2.45, 2.75) is 23.2 Å². The van der Waals surface area contributed by atoms with Crippen LogP contribution in [0.25, 0.3) is 11.4 Å². The number of nitrogens with zero attached hydrogens (tertiary/aromatic N) is 2. The van der Waals surface area contributed by atoms with Crippen LogP contribution in [-0.4, -0.2) is 22.7 Å². The van der Waals surface area contributed by atoms with Crippen LogP contribution < -0.4 is 5.32 Å². The lowest BCUT2D eigenvalue weighted by molar-refractivity contribution is 0.344. The summed E-state index contributed by atoms with van der Waals surface area (Å²) >= 11 is 12.7. The Kier molecular flexibility index (Phi) is 3.67. The molecular weight excluding hydrogens is 304 g/mol. The summed E-state index contributed by atoms with van der Waals surface area (Å²) in [4.78, 5) is 4.22. The minimum absolute atomic E-state index is 0.118. The first kappa shape index (κ1) is 13.8. The Hall–Kier alpha value is -1.17. The van der Waals surface area contributed by atoms with E-state index in [4.69, 9.17) is 27.7 Å². The highest BCUT2D eigenvalue weighted by atomic mass is 35.5. The fourth-order valence-corrected chi connectivity index (χ4v) is 2.74. The highest BCUT2D eigenvalue weighted by Crippen LogP contribution is 2.40. The van der Waals surface area contributed by atoms with E-state index in [1.54, 1.807) is 12.1 Å². The number of aromatic nitrogens is 2. The van der Waals surface area contributed by atoms with E-state index in [2.05, 4.69) is 15.5 Å². The molecule has 4 nitrogen and oxygen atoms in total. The number of rotatable bonds is 3. The van der Waals surface area contributed by atoms with Gasteiger partial charge in [-0.15, -0.1) is 0 Å². The number of benzene rings is 1. The zero-order valence-corrected chi connectivity index (χ0v) is 12.0. The molecule has 3 rings (SSSR count). The lowest BCUT2D eigenvalue weighted by Crippen LogP contribution is -2.37. The molecule has 0 bridgehead atoms. The smallest absolute Gasteiger partial charge is 0.265 e. The molecule has 2 aromatic rings. The lowest BCUT2D eigenvalue weighted by Gasteiger charge is -2.22. The monoisotopic (exact) mass is 315 g/mol. The van der Waals surface area contributed by atoms with E-state index in [1.807, 2.05) is 0 Å². The zero-order chi connectivity index (χ0) is 14.2. The summed E-state index contributed by atoms with van der Waals surface area (Å²) in [6.07, 6.45) is 1.85. The molecule has 1 aliphatic heterocycles. The van der Waals surface area contributed by atoms with Crippen molar-refractivity contribution in [2.24, 2.45) is 0 Å². The molecule has 1 fully saturated rings. The van der Waals surface area contributed by atoms with Gasteiger partial charge in [0, 0.05) is 11.6 Å². The van der Waals surface area contributed by atoms with Crippen LogP contribution in [0.3, 0.4) is 0 Å². The molecule has 1 aliphatic rings. The largest absolute Gasteiger partial charge is 0.336 e. The highest BCUT2D eigenvalue weighted by molar-refractivity contribution is 6.48. The van der Waals surface area contributed by atoms with Crippen LogP contribution in [0, 0.1) is 5.82 Å². The standard InChI is InChI=1S/C13H12Cl2FN3O/c14-13(15,10-2-1-7-17-10)12-18-11(19-20-12)8-3-5-9(16)6-4-8/h3-6,10,17H,1-2,7H2. The molecule has 106 valence electrons. The Morgan fingerprint density at radius 2 is 2.05 bits per heavy atom. The predicted molar refractivity (Wildman–Crippen MR) is 74.1 cm³/mol. The van der Waals surface area contributed by atoms with Gasteiger partial charge in [0.2, 0.25) is 10.2 Å². The van der Waals surface area contributed by atoms with Crippen molar-refractivity contribution in [3.8, 4) is 11.4 Å². The minimum atomic E-state index is -1.26. The van der Waals surface area contributed by atoms with Gasteiger partial charge < -0.3 is 9.84 Å². The molecule has 1 atom stereocenters. The summed E-state index contributed by atoms with van der Waals surface area (Å²) in [7, 11) is 0. The van der Waals surface area contributed by atoms with Crippen molar-refractivity contribution in [3.63, 3.8) is 0 Å². The molecule has 1 N–H and O–H groups in total. The van der Waals surface area contributed by atoms with Gasteiger partial charge in [-0.05, 0) is 43.7 Å². The molecule has 2 heterocycles. The van der Waals surface area contributed by atoms with Gasteiger partial charge in [-0.1, -0.05) is 28.4 Å². The maximum atomic E-state index is 12.9. The maximum Gasteiger partial charge on any atom is 0.265 e.